The van der Waals surface area contributed by atoms with Crippen molar-refractivity contribution in [2.24, 2.45) is 5.41 Å². The van der Waals surface area contributed by atoms with E-state index < -0.39 is 0 Å². The van der Waals surface area contributed by atoms with Crippen molar-refractivity contribution < 1.29 is 14.7 Å². The number of hydrogen-bond donors (Lipinski definition) is 2. The van der Waals surface area contributed by atoms with Crippen molar-refractivity contribution in [3.63, 3.8) is 0 Å². The molecule has 1 unspecified atom stereocenters. The number of rotatable bonds is 5. The van der Waals surface area contributed by atoms with Gasteiger partial charge in [0.05, 0.1) is 13.7 Å². The zero-order valence-corrected chi connectivity index (χ0v) is 16.4. The van der Waals surface area contributed by atoms with Gasteiger partial charge in [-0.05, 0) is 85.0 Å². The van der Waals surface area contributed by atoms with Gasteiger partial charge in [-0.25, -0.2) is 5.06 Å². The first-order chi connectivity index (χ1) is 13.6. The van der Waals surface area contributed by atoms with Crippen molar-refractivity contribution in [1.29, 1.82) is 0 Å². The fourth-order valence-electron chi connectivity index (χ4n) is 4.49. The third-order valence-electron chi connectivity index (χ3n) is 6.28. The molecule has 1 saturated heterocycles. The Morgan fingerprint density at radius 3 is 2.71 bits per heavy atom. The van der Waals surface area contributed by atoms with Gasteiger partial charge in [0.2, 0.25) is 0 Å². The maximum absolute atomic E-state index is 12.6. The maximum atomic E-state index is 12.6. The Morgan fingerprint density at radius 1 is 1.18 bits per heavy atom. The highest BCUT2D eigenvalue weighted by atomic mass is 16.5. The van der Waals surface area contributed by atoms with Crippen LogP contribution >= 0.6 is 0 Å². The lowest BCUT2D eigenvalue weighted by atomic mass is 9.71. The van der Waals surface area contributed by atoms with Gasteiger partial charge in [-0.2, -0.15) is 0 Å². The second-order valence-electron chi connectivity index (χ2n) is 8.11. The van der Waals surface area contributed by atoms with E-state index in [1.807, 2.05) is 36.4 Å². The summed E-state index contributed by atoms with van der Waals surface area (Å²) in [4.78, 5) is 12.6. The molecule has 2 N–H and O–H groups in total. The number of nitrogens with zero attached hydrogens (tertiary/aromatic N) is 1. The number of fused-ring (bicyclic) bond motifs is 1. The minimum absolute atomic E-state index is 0.261. The molecule has 28 heavy (non-hydrogen) atoms. The van der Waals surface area contributed by atoms with Crippen molar-refractivity contribution in [2.75, 3.05) is 26.7 Å². The zero-order valence-electron chi connectivity index (χ0n) is 16.4. The molecule has 148 valence electrons. The van der Waals surface area contributed by atoms with E-state index in [9.17, 15) is 10.0 Å². The normalized spacial score (nSPS) is 20.8. The van der Waals surface area contributed by atoms with Crippen molar-refractivity contribution in [3.8, 4) is 5.75 Å². The molecule has 2 aromatic rings. The monoisotopic (exact) mass is 380 g/mol. The Bertz CT molecular complexity index is 841. The van der Waals surface area contributed by atoms with E-state index in [1.54, 1.807) is 7.11 Å². The summed E-state index contributed by atoms with van der Waals surface area (Å²) >= 11 is 0. The Balaban J connectivity index is 1.39. The molecule has 5 nitrogen and oxygen atoms in total. The standard InChI is InChI=1S/C23H28N2O3/c1-28-21-6-2-17(3-7-21)9-13-25(27)22(26)19-4-5-20-15-23(11-12-24-16-23)10-8-18(20)14-19/h2-7,14,24,27H,8-13,15-16H2,1H3. The van der Waals surface area contributed by atoms with Gasteiger partial charge in [-0.1, -0.05) is 18.2 Å². The van der Waals surface area contributed by atoms with E-state index in [1.165, 1.54) is 24.0 Å². The number of methoxy groups -OCH3 is 1. The molecule has 4 rings (SSSR count). The van der Waals surface area contributed by atoms with Gasteiger partial charge >= 0.3 is 0 Å². The Kier molecular flexibility index (Phi) is 5.38. The smallest absolute Gasteiger partial charge is 0.277 e. The second-order valence-corrected chi connectivity index (χ2v) is 8.11. The van der Waals surface area contributed by atoms with Crippen LogP contribution in [0.3, 0.4) is 0 Å². The summed E-state index contributed by atoms with van der Waals surface area (Å²) in [5, 5.41) is 14.6. The fraction of sp³-hybridized carbons (Fsp3) is 0.435. The Morgan fingerprint density at radius 2 is 2.00 bits per heavy atom. The SMILES string of the molecule is COc1ccc(CCN(O)C(=O)c2ccc3c(c2)CCC2(CCNC2)C3)cc1. The highest BCUT2D eigenvalue weighted by Crippen LogP contribution is 2.40. The zero-order chi connectivity index (χ0) is 19.6. The van der Waals surface area contributed by atoms with Crippen LogP contribution in [0.2, 0.25) is 0 Å². The number of benzene rings is 2. The average Bonchev–Trinajstić information content (AvgIpc) is 3.19. The van der Waals surface area contributed by atoms with E-state index in [0.717, 1.165) is 42.3 Å². The van der Waals surface area contributed by atoms with Gasteiger partial charge in [0.25, 0.3) is 5.91 Å². The molecule has 0 radical (unpaired) electrons. The molecule has 1 fully saturated rings. The fourth-order valence-corrected chi connectivity index (χ4v) is 4.49. The molecule has 2 aliphatic rings. The second kappa shape index (κ2) is 7.94. The summed E-state index contributed by atoms with van der Waals surface area (Å²) in [5.41, 5.74) is 4.63. The van der Waals surface area contributed by atoms with Crippen LogP contribution in [-0.4, -0.2) is 42.9 Å². The van der Waals surface area contributed by atoms with Gasteiger partial charge in [0, 0.05) is 12.1 Å². The summed E-state index contributed by atoms with van der Waals surface area (Å²) in [5.74, 6) is 0.462. The summed E-state index contributed by atoms with van der Waals surface area (Å²) in [7, 11) is 1.63. The van der Waals surface area contributed by atoms with E-state index in [0.29, 0.717) is 17.4 Å². The lowest BCUT2D eigenvalue weighted by Gasteiger charge is -2.34. The molecule has 0 aromatic heterocycles. The van der Waals surface area contributed by atoms with Gasteiger partial charge in [-0.3, -0.25) is 10.0 Å². The third-order valence-corrected chi connectivity index (χ3v) is 6.28. The number of ether oxygens (including phenoxy) is 1. The highest BCUT2D eigenvalue weighted by molar-refractivity contribution is 5.93. The summed E-state index contributed by atoms with van der Waals surface area (Å²) in [6.07, 6.45) is 5.10. The number of hydrogen-bond acceptors (Lipinski definition) is 4. The van der Waals surface area contributed by atoms with Crippen LogP contribution in [-0.2, 0) is 19.3 Å². The molecule has 1 aliphatic carbocycles. The van der Waals surface area contributed by atoms with E-state index >= 15 is 0 Å². The largest absolute Gasteiger partial charge is 0.497 e. The highest BCUT2D eigenvalue weighted by Gasteiger charge is 2.37. The molecule has 2 aromatic carbocycles. The quantitative estimate of drug-likeness (QED) is 0.618. The van der Waals surface area contributed by atoms with Crippen molar-refractivity contribution in [2.45, 2.75) is 32.1 Å². The van der Waals surface area contributed by atoms with Gasteiger partial charge in [-0.15, -0.1) is 0 Å². The number of amides is 1. The summed E-state index contributed by atoms with van der Waals surface area (Å²) in [6, 6.07) is 13.6. The van der Waals surface area contributed by atoms with Gasteiger partial charge < -0.3 is 10.1 Å². The van der Waals surface area contributed by atoms with Crippen molar-refractivity contribution in [3.05, 3.63) is 64.7 Å². The lowest BCUT2D eigenvalue weighted by molar-refractivity contribution is -0.0571. The van der Waals surface area contributed by atoms with Crippen LogP contribution in [0.5, 0.6) is 5.75 Å². The maximum Gasteiger partial charge on any atom is 0.277 e. The molecular weight excluding hydrogens is 352 g/mol. The Labute approximate surface area is 166 Å². The molecular formula is C23H28N2O3. The number of aryl methyl sites for hydroxylation is 1. The Hall–Kier alpha value is -2.37. The van der Waals surface area contributed by atoms with E-state index in [-0.39, 0.29) is 12.5 Å². The molecule has 1 atom stereocenters. The number of carbonyl (C=O) groups is 1. The van der Waals surface area contributed by atoms with Crippen LogP contribution in [0.25, 0.3) is 0 Å². The van der Waals surface area contributed by atoms with Crippen LogP contribution in [0.15, 0.2) is 42.5 Å². The molecule has 5 heteroatoms. The lowest BCUT2D eigenvalue weighted by Crippen LogP contribution is -2.32. The number of nitrogens with one attached hydrogen (secondary N) is 1. The van der Waals surface area contributed by atoms with Crippen LogP contribution in [0.4, 0.5) is 0 Å². The molecule has 1 heterocycles. The van der Waals surface area contributed by atoms with Crippen LogP contribution in [0.1, 0.15) is 39.9 Å². The average molecular weight is 380 g/mol. The van der Waals surface area contributed by atoms with Gasteiger partial charge in [0.15, 0.2) is 0 Å². The third kappa shape index (κ3) is 3.91. The first-order valence-corrected chi connectivity index (χ1v) is 10.0. The predicted molar refractivity (Wildman–Crippen MR) is 108 cm³/mol. The molecule has 1 aliphatic heterocycles. The molecule has 0 saturated carbocycles. The van der Waals surface area contributed by atoms with Crippen LogP contribution < -0.4 is 10.1 Å². The topological polar surface area (TPSA) is 61.8 Å². The van der Waals surface area contributed by atoms with E-state index in [2.05, 4.69) is 11.4 Å². The molecule has 1 spiro atoms. The molecule has 1 amide bonds. The van der Waals surface area contributed by atoms with E-state index in [4.69, 9.17) is 4.74 Å². The summed E-state index contributed by atoms with van der Waals surface area (Å²) < 4.78 is 5.15. The first-order valence-electron chi connectivity index (χ1n) is 10.0. The number of hydroxylamine groups is 2. The van der Waals surface area contributed by atoms with Crippen molar-refractivity contribution >= 4 is 5.91 Å². The minimum Gasteiger partial charge on any atom is -0.497 e. The van der Waals surface area contributed by atoms with Crippen molar-refractivity contribution in [1.82, 2.24) is 10.4 Å². The van der Waals surface area contributed by atoms with Crippen LogP contribution in [0, 0.1) is 5.41 Å². The predicted octanol–water partition coefficient (Wildman–Crippen LogP) is 3.24. The summed E-state index contributed by atoms with van der Waals surface area (Å²) in [6.45, 7) is 2.47. The first kappa shape index (κ1) is 19.0. The minimum atomic E-state index is -0.334. The van der Waals surface area contributed by atoms with Gasteiger partial charge in [0.1, 0.15) is 5.75 Å². The number of carbonyl (C=O) groups excluding carboxylic acids is 1. The molecule has 0 bridgehead atoms.